The number of ether oxygens (including phenoxy) is 1. The molecule has 1 aromatic rings. The average molecular weight is 302 g/mol. The van der Waals surface area contributed by atoms with Gasteiger partial charge in [-0.1, -0.05) is 30.3 Å². The second-order valence-corrected chi connectivity index (χ2v) is 4.32. The van der Waals surface area contributed by atoms with Gasteiger partial charge in [0.05, 0.1) is 5.29 Å². The van der Waals surface area contributed by atoms with Crippen molar-refractivity contribution in [2.75, 3.05) is 26.2 Å². The molecule has 1 heterocycles. The van der Waals surface area contributed by atoms with Crippen molar-refractivity contribution in [3.63, 3.8) is 0 Å². The summed E-state index contributed by atoms with van der Waals surface area (Å²) < 4.78 is 5.18. The quantitative estimate of drug-likeness (QED) is 0.376. The molecule has 0 aromatic heterocycles. The summed E-state index contributed by atoms with van der Waals surface area (Å²) in [5, 5.41) is 14.5. The zero-order chi connectivity index (χ0) is 14.4. The minimum absolute atomic E-state index is 0. The summed E-state index contributed by atoms with van der Waals surface area (Å²) in [6.45, 7) is 1.37. The van der Waals surface area contributed by atoms with Gasteiger partial charge in [0.2, 0.25) is 0 Å². The molecule has 1 fully saturated rings. The molecule has 0 unspecified atom stereocenters. The van der Waals surface area contributed by atoms with E-state index in [1.807, 2.05) is 30.3 Å². The van der Waals surface area contributed by atoms with Crippen molar-refractivity contribution in [3.8, 4) is 0 Å². The molecular formula is C12H15N4NaO4. The van der Waals surface area contributed by atoms with Crippen molar-refractivity contribution in [3.05, 3.63) is 46.0 Å². The van der Waals surface area contributed by atoms with Crippen LogP contribution in [-0.4, -0.2) is 47.5 Å². The van der Waals surface area contributed by atoms with E-state index < -0.39 is 6.09 Å². The molecule has 0 bridgehead atoms. The summed E-state index contributed by atoms with van der Waals surface area (Å²) in [6, 6.07) is 9.38. The molecule has 1 saturated heterocycles. The van der Waals surface area contributed by atoms with Crippen LogP contribution in [0, 0.1) is 10.1 Å². The Bertz CT molecular complexity index is 454. The Morgan fingerprint density at radius 2 is 1.86 bits per heavy atom. The van der Waals surface area contributed by atoms with Crippen LogP contribution in [-0.2, 0) is 11.3 Å². The maximum absolute atomic E-state index is 11.8. The van der Waals surface area contributed by atoms with E-state index >= 15 is 0 Å². The molecule has 1 aliphatic rings. The zero-order valence-electron chi connectivity index (χ0n) is 11.8. The first-order valence-corrected chi connectivity index (χ1v) is 6.21. The fourth-order valence-electron chi connectivity index (χ4n) is 1.91. The molecule has 0 aliphatic carbocycles. The largest absolute Gasteiger partial charge is 1.00 e. The van der Waals surface area contributed by atoms with E-state index in [0.29, 0.717) is 13.1 Å². The van der Waals surface area contributed by atoms with Gasteiger partial charge in [-0.3, -0.25) is 5.28 Å². The van der Waals surface area contributed by atoms with Gasteiger partial charge in [-0.15, -0.1) is 4.91 Å². The summed E-state index contributed by atoms with van der Waals surface area (Å²) >= 11 is 0. The minimum atomic E-state index is -0.426. The SMILES string of the molecule is O=NN([O-])N1CCN(C(=O)OCc2ccccc2)CC1.[Na+]. The Kier molecular flexibility index (Phi) is 7.62. The number of nitroso groups, excluding NO2 is 1. The first-order chi connectivity index (χ1) is 9.70. The van der Waals surface area contributed by atoms with Crippen LogP contribution in [0.4, 0.5) is 4.79 Å². The molecule has 0 radical (unpaired) electrons. The summed E-state index contributed by atoms with van der Waals surface area (Å²) in [6.07, 6.45) is -0.426. The maximum Gasteiger partial charge on any atom is 1.00 e. The van der Waals surface area contributed by atoms with E-state index in [-0.39, 0.29) is 54.5 Å². The van der Waals surface area contributed by atoms with E-state index in [4.69, 9.17) is 4.74 Å². The number of benzene rings is 1. The van der Waals surface area contributed by atoms with Gasteiger partial charge in [-0.25, -0.2) is 9.80 Å². The first kappa shape index (κ1) is 17.9. The van der Waals surface area contributed by atoms with Gasteiger partial charge in [0, 0.05) is 26.2 Å². The van der Waals surface area contributed by atoms with Crippen LogP contribution < -0.4 is 29.6 Å². The molecule has 108 valence electrons. The monoisotopic (exact) mass is 302 g/mol. The summed E-state index contributed by atoms with van der Waals surface area (Å²) in [5.74, 6) is 0. The van der Waals surface area contributed by atoms with Crippen LogP contribution in [0.2, 0.25) is 0 Å². The Labute approximate surface area is 144 Å². The maximum atomic E-state index is 11.8. The van der Waals surface area contributed by atoms with E-state index in [0.717, 1.165) is 5.56 Å². The van der Waals surface area contributed by atoms with Crippen LogP contribution in [0.1, 0.15) is 5.56 Å². The molecule has 0 spiro atoms. The Hall–Kier alpha value is -1.19. The predicted molar refractivity (Wildman–Crippen MR) is 70.8 cm³/mol. The molecule has 8 nitrogen and oxygen atoms in total. The fourth-order valence-corrected chi connectivity index (χ4v) is 1.91. The molecule has 9 heteroatoms. The van der Waals surface area contributed by atoms with Gasteiger partial charge >= 0.3 is 35.7 Å². The number of rotatable bonds is 4. The normalized spacial score (nSPS) is 15.0. The number of hydrogen-bond acceptors (Lipinski definition) is 6. The number of carbonyl (C=O) groups is 1. The van der Waals surface area contributed by atoms with Gasteiger partial charge in [0.15, 0.2) is 0 Å². The fraction of sp³-hybridized carbons (Fsp3) is 0.417. The van der Waals surface area contributed by atoms with Crippen molar-refractivity contribution < 1.29 is 39.1 Å². The molecular weight excluding hydrogens is 287 g/mol. The molecule has 2 rings (SSSR count). The summed E-state index contributed by atoms with van der Waals surface area (Å²) in [4.78, 5) is 23.4. The second kappa shape index (κ2) is 8.96. The molecule has 0 N–H and O–H groups in total. The van der Waals surface area contributed by atoms with Crippen LogP contribution in [0.25, 0.3) is 0 Å². The number of carbonyl (C=O) groups excluding carboxylic acids is 1. The second-order valence-electron chi connectivity index (χ2n) is 4.32. The van der Waals surface area contributed by atoms with E-state index in [2.05, 4.69) is 5.29 Å². The third-order valence-electron chi connectivity index (χ3n) is 3.03. The number of hydrogen-bond donors (Lipinski definition) is 0. The molecule has 0 saturated carbocycles. The van der Waals surface area contributed by atoms with Gasteiger partial charge in [0.25, 0.3) is 0 Å². The van der Waals surface area contributed by atoms with Crippen LogP contribution in [0.15, 0.2) is 35.6 Å². The van der Waals surface area contributed by atoms with Gasteiger partial charge < -0.3 is 14.8 Å². The van der Waals surface area contributed by atoms with Gasteiger partial charge in [-0.2, -0.15) is 0 Å². The third-order valence-corrected chi connectivity index (χ3v) is 3.03. The van der Waals surface area contributed by atoms with Gasteiger partial charge in [0.1, 0.15) is 6.61 Å². The number of piperazine rings is 1. The standard InChI is InChI=1S/C12H15N4O4.Na/c17-12(20-10-11-4-2-1-3-5-11)14-6-8-15(9-7-14)16(19)13-18;/h1-5H,6-10H2;/q-1;+1. The zero-order valence-corrected chi connectivity index (χ0v) is 13.8. The Morgan fingerprint density at radius 1 is 1.24 bits per heavy atom. The Balaban J connectivity index is 0.00000220. The van der Waals surface area contributed by atoms with E-state index in [1.165, 1.54) is 9.91 Å². The smallest absolute Gasteiger partial charge is 0.724 e. The first-order valence-electron chi connectivity index (χ1n) is 6.21. The van der Waals surface area contributed by atoms with Crippen molar-refractivity contribution in [1.82, 2.24) is 15.2 Å². The molecule has 21 heavy (non-hydrogen) atoms. The number of amides is 1. The molecule has 1 aliphatic heterocycles. The van der Waals surface area contributed by atoms with Crippen LogP contribution >= 0.6 is 0 Å². The van der Waals surface area contributed by atoms with E-state index in [9.17, 15) is 14.9 Å². The molecule has 1 amide bonds. The minimum Gasteiger partial charge on any atom is -0.724 e. The number of hydrazine groups is 1. The van der Waals surface area contributed by atoms with Gasteiger partial charge in [-0.05, 0) is 5.56 Å². The van der Waals surface area contributed by atoms with E-state index in [1.54, 1.807) is 0 Å². The summed E-state index contributed by atoms with van der Waals surface area (Å²) in [7, 11) is 0. The van der Waals surface area contributed by atoms with Crippen LogP contribution in [0.5, 0.6) is 0 Å². The van der Waals surface area contributed by atoms with Crippen molar-refractivity contribution >= 4 is 6.09 Å². The summed E-state index contributed by atoms with van der Waals surface area (Å²) in [5.41, 5.74) is 0.912. The van der Waals surface area contributed by atoms with Crippen molar-refractivity contribution in [2.24, 2.45) is 5.29 Å². The van der Waals surface area contributed by atoms with Crippen LogP contribution in [0.3, 0.4) is 0 Å². The third kappa shape index (κ3) is 5.25. The van der Waals surface area contributed by atoms with Crippen molar-refractivity contribution in [2.45, 2.75) is 6.61 Å². The molecule has 1 aromatic carbocycles. The number of nitrogens with zero attached hydrogens (tertiary/aromatic N) is 4. The molecule has 0 atom stereocenters. The average Bonchev–Trinajstić information content (AvgIpc) is 2.53. The topological polar surface area (TPSA) is 88.5 Å². The predicted octanol–water partition coefficient (Wildman–Crippen LogP) is -1.66. The Morgan fingerprint density at radius 3 is 2.43 bits per heavy atom. The van der Waals surface area contributed by atoms with Crippen molar-refractivity contribution in [1.29, 1.82) is 0 Å².